The van der Waals surface area contributed by atoms with Crippen LogP contribution in [0, 0.1) is 20.8 Å². The zero-order valence-electron chi connectivity index (χ0n) is 21.8. The van der Waals surface area contributed by atoms with Crippen molar-refractivity contribution in [2.24, 2.45) is 12.0 Å². The smallest absolute Gasteiger partial charge is 0.297 e. The van der Waals surface area contributed by atoms with Crippen molar-refractivity contribution in [3.05, 3.63) is 99.3 Å². The van der Waals surface area contributed by atoms with Crippen LogP contribution in [0.25, 0.3) is 28.0 Å². The van der Waals surface area contributed by atoms with Gasteiger partial charge < -0.3 is 13.9 Å². The number of aryl methyl sites for hydroxylation is 2. The minimum atomic E-state index is -0.183. The number of hydrogen-bond donors (Lipinski definition) is 0. The number of benzene rings is 3. The molecule has 0 unspecified atom stereocenters. The number of hydrogen-bond acceptors (Lipinski definition) is 5. The molecular formula is C30H29N3O4. The summed E-state index contributed by atoms with van der Waals surface area (Å²) in [5.74, 6) is 1.83. The van der Waals surface area contributed by atoms with E-state index in [4.69, 9.17) is 18.9 Å². The molecule has 0 radical (unpaired) electrons. The summed E-state index contributed by atoms with van der Waals surface area (Å²) in [6.45, 7) is 5.96. The molecule has 5 rings (SSSR count). The van der Waals surface area contributed by atoms with Crippen LogP contribution >= 0.6 is 0 Å². The summed E-state index contributed by atoms with van der Waals surface area (Å²) in [6.07, 6.45) is 0. The van der Waals surface area contributed by atoms with Gasteiger partial charge in [0, 0.05) is 24.1 Å². The van der Waals surface area contributed by atoms with E-state index in [-0.39, 0.29) is 5.56 Å². The first-order chi connectivity index (χ1) is 17.8. The Bertz CT molecular complexity index is 1760. The van der Waals surface area contributed by atoms with Gasteiger partial charge in [0.2, 0.25) is 0 Å². The van der Waals surface area contributed by atoms with Crippen LogP contribution < -0.4 is 20.4 Å². The number of nitrogens with zero attached hydrogens (tertiary/aromatic N) is 3. The van der Waals surface area contributed by atoms with Crippen LogP contribution in [0.4, 0.5) is 5.69 Å². The van der Waals surface area contributed by atoms with Gasteiger partial charge in [-0.1, -0.05) is 24.3 Å². The third-order valence-corrected chi connectivity index (χ3v) is 6.61. The molecule has 0 saturated heterocycles. The Kier molecular flexibility index (Phi) is 6.21. The van der Waals surface area contributed by atoms with Gasteiger partial charge in [-0.05, 0) is 68.3 Å². The summed E-state index contributed by atoms with van der Waals surface area (Å²) in [6, 6.07) is 21.1. The van der Waals surface area contributed by atoms with E-state index in [2.05, 4.69) is 6.07 Å². The van der Waals surface area contributed by atoms with Crippen molar-refractivity contribution in [2.75, 3.05) is 14.2 Å². The maximum Gasteiger partial charge on any atom is 0.297 e. The Morgan fingerprint density at radius 1 is 0.865 bits per heavy atom. The van der Waals surface area contributed by atoms with Gasteiger partial charge >= 0.3 is 0 Å². The highest BCUT2D eigenvalue weighted by atomic mass is 16.5. The normalized spacial score (nSPS) is 11.8. The van der Waals surface area contributed by atoms with Gasteiger partial charge in [0.15, 0.2) is 17.2 Å². The molecule has 3 aromatic carbocycles. The summed E-state index contributed by atoms with van der Waals surface area (Å²) in [4.78, 5) is 18.6. The molecule has 2 aromatic heterocycles. The first kappa shape index (κ1) is 24.2. The summed E-state index contributed by atoms with van der Waals surface area (Å²) in [5, 5.41) is 1.53. The minimum Gasteiger partial charge on any atom is -0.493 e. The molecule has 0 fully saturated rings. The van der Waals surface area contributed by atoms with E-state index in [1.54, 1.807) is 18.9 Å². The van der Waals surface area contributed by atoms with Gasteiger partial charge in [-0.25, -0.2) is 9.67 Å². The second-order valence-corrected chi connectivity index (χ2v) is 9.04. The van der Waals surface area contributed by atoms with Gasteiger partial charge in [0.1, 0.15) is 11.3 Å². The van der Waals surface area contributed by atoms with Crippen LogP contribution in [0.15, 0.2) is 80.9 Å². The van der Waals surface area contributed by atoms with Gasteiger partial charge in [0.05, 0.1) is 31.0 Å². The fourth-order valence-corrected chi connectivity index (χ4v) is 4.70. The summed E-state index contributed by atoms with van der Waals surface area (Å²) >= 11 is 0. The van der Waals surface area contributed by atoms with E-state index >= 15 is 0 Å². The standard InChI is InChI=1S/C30H29N3O4/c1-18-14-19(2)28-23(31-29-20(3)32(4)33(30(29)34)22-10-8-7-9-11-22)17-25(37-27(28)15-18)21-12-13-24(35-5)26(16-21)36-6/h7-17H,1-6H3. The van der Waals surface area contributed by atoms with Crippen molar-refractivity contribution in [2.45, 2.75) is 20.8 Å². The third kappa shape index (κ3) is 4.22. The van der Waals surface area contributed by atoms with E-state index in [1.165, 1.54) is 0 Å². The molecule has 0 amide bonds. The van der Waals surface area contributed by atoms with E-state index in [9.17, 15) is 4.79 Å². The molecule has 0 aliphatic rings. The number of rotatable bonds is 5. The first-order valence-electron chi connectivity index (χ1n) is 12.0. The van der Waals surface area contributed by atoms with Crippen LogP contribution in [-0.2, 0) is 7.05 Å². The Labute approximate surface area is 214 Å². The molecular weight excluding hydrogens is 466 g/mol. The number of para-hydroxylation sites is 1. The predicted octanol–water partition coefficient (Wildman–Crippen LogP) is 5.76. The monoisotopic (exact) mass is 495 g/mol. The fourth-order valence-electron chi connectivity index (χ4n) is 4.70. The van der Waals surface area contributed by atoms with E-state index in [0.29, 0.717) is 33.9 Å². The molecule has 188 valence electrons. The lowest BCUT2D eigenvalue weighted by Gasteiger charge is -2.11. The molecule has 0 atom stereocenters. The maximum atomic E-state index is 13.6. The molecule has 7 nitrogen and oxygen atoms in total. The quantitative estimate of drug-likeness (QED) is 0.311. The van der Waals surface area contributed by atoms with Crippen LogP contribution in [0.5, 0.6) is 11.5 Å². The topological polar surface area (TPSA) is 70.9 Å². The average Bonchev–Trinajstić information content (AvgIpc) is 3.10. The van der Waals surface area contributed by atoms with Crippen molar-refractivity contribution in [3.63, 3.8) is 0 Å². The summed E-state index contributed by atoms with van der Waals surface area (Å²) in [7, 11) is 5.07. The highest BCUT2D eigenvalue weighted by molar-refractivity contribution is 5.83. The van der Waals surface area contributed by atoms with Crippen LogP contribution in [0.2, 0.25) is 0 Å². The molecule has 7 heteroatoms. The summed E-state index contributed by atoms with van der Waals surface area (Å²) < 4.78 is 20.7. The van der Waals surface area contributed by atoms with Crippen LogP contribution in [0.3, 0.4) is 0 Å². The lowest BCUT2D eigenvalue weighted by molar-refractivity contribution is 0.355. The molecule has 0 N–H and O–H groups in total. The Balaban J connectivity index is 1.81. The Morgan fingerprint density at radius 3 is 2.30 bits per heavy atom. The minimum absolute atomic E-state index is 0.183. The van der Waals surface area contributed by atoms with Gasteiger partial charge in [-0.2, -0.15) is 0 Å². The molecule has 5 aromatic rings. The van der Waals surface area contributed by atoms with Crippen LogP contribution in [0.1, 0.15) is 16.8 Å². The largest absolute Gasteiger partial charge is 0.493 e. The van der Waals surface area contributed by atoms with Gasteiger partial charge in [-0.15, -0.1) is 0 Å². The fraction of sp³-hybridized carbons (Fsp3) is 0.200. The highest BCUT2D eigenvalue weighted by Gasteiger charge is 2.17. The highest BCUT2D eigenvalue weighted by Crippen LogP contribution is 2.33. The van der Waals surface area contributed by atoms with E-state index in [1.807, 2.05) is 93.2 Å². The Hall–Kier alpha value is -4.52. The van der Waals surface area contributed by atoms with Crippen molar-refractivity contribution < 1.29 is 13.9 Å². The van der Waals surface area contributed by atoms with Crippen LogP contribution in [-0.4, -0.2) is 23.6 Å². The molecule has 0 aliphatic carbocycles. The second-order valence-electron chi connectivity index (χ2n) is 9.04. The van der Waals surface area contributed by atoms with Gasteiger partial charge in [0.25, 0.3) is 5.56 Å². The molecule has 2 heterocycles. The SMILES string of the molecule is COc1ccc(-c2cc(=Nc3c(C)n(C)n(-c4ccccc4)c3=O)c3c(C)cc(C)cc3o2)cc1OC. The zero-order chi connectivity index (χ0) is 26.3. The molecule has 0 spiro atoms. The van der Waals surface area contributed by atoms with Crippen molar-refractivity contribution in [3.8, 4) is 28.5 Å². The number of methoxy groups -OCH3 is 2. The summed E-state index contributed by atoms with van der Waals surface area (Å²) in [5.41, 5.74) is 5.35. The van der Waals surface area contributed by atoms with Crippen molar-refractivity contribution in [1.82, 2.24) is 9.36 Å². The van der Waals surface area contributed by atoms with Gasteiger partial charge in [-0.3, -0.25) is 9.48 Å². The second kappa shape index (κ2) is 9.50. The third-order valence-electron chi connectivity index (χ3n) is 6.61. The van der Waals surface area contributed by atoms with E-state index < -0.39 is 0 Å². The molecule has 0 saturated carbocycles. The molecule has 0 bridgehead atoms. The number of aromatic nitrogens is 2. The van der Waals surface area contributed by atoms with E-state index in [0.717, 1.165) is 33.5 Å². The lowest BCUT2D eigenvalue weighted by atomic mass is 10.0. The first-order valence-corrected chi connectivity index (χ1v) is 12.0. The predicted molar refractivity (Wildman–Crippen MR) is 145 cm³/mol. The zero-order valence-corrected chi connectivity index (χ0v) is 21.8. The number of ether oxygens (including phenoxy) is 2. The molecule has 37 heavy (non-hydrogen) atoms. The molecule has 0 aliphatic heterocycles. The number of fused-ring (bicyclic) bond motifs is 1. The maximum absolute atomic E-state index is 13.6. The average molecular weight is 496 g/mol. The van der Waals surface area contributed by atoms with Crippen molar-refractivity contribution >= 4 is 16.7 Å². The Morgan fingerprint density at radius 2 is 1.59 bits per heavy atom. The lowest BCUT2D eigenvalue weighted by Crippen LogP contribution is -2.19. The van der Waals surface area contributed by atoms with Crippen molar-refractivity contribution in [1.29, 1.82) is 0 Å².